The van der Waals surface area contributed by atoms with Gasteiger partial charge in [-0.25, -0.2) is 0 Å². The Balaban J connectivity index is 1.20. The van der Waals surface area contributed by atoms with Crippen LogP contribution >= 0.6 is 0 Å². The monoisotopic (exact) mass is 335 g/mol. The molecule has 1 saturated carbocycles. The summed E-state index contributed by atoms with van der Waals surface area (Å²) in [5.41, 5.74) is 0.665. The zero-order chi connectivity index (χ0) is 16.6. The van der Waals surface area contributed by atoms with Crippen LogP contribution in [0.5, 0.6) is 0 Å². The molecule has 4 rings (SSSR count). The molecular weight excluding hydrogens is 298 g/mol. The van der Waals surface area contributed by atoms with Crippen LogP contribution in [0.3, 0.4) is 0 Å². The molecule has 4 nitrogen and oxygen atoms in total. The molecule has 0 bridgehead atoms. The van der Waals surface area contributed by atoms with Crippen molar-refractivity contribution in [3.05, 3.63) is 0 Å². The molecule has 3 saturated heterocycles. The van der Waals surface area contributed by atoms with E-state index in [0.29, 0.717) is 17.6 Å². The van der Waals surface area contributed by atoms with Crippen LogP contribution in [0.4, 0.5) is 0 Å². The molecule has 2 unspecified atom stereocenters. The van der Waals surface area contributed by atoms with Gasteiger partial charge in [-0.05, 0) is 59.0 Å². The molecule has 3 heterocycles. The van der Waals surface area contributed by atoms with Crippen molar-refractivity contribution in [2.45, 2.75) is 70.6 Å². The molecule has 0 N–H and O–H groups in total. The second-order valence-electron chi connectivity index (χ2n) is 9.01. The topological polar surface area (TPSA) is 19.0 Å². The fourth-order valence-electron chi connectivity index (χ4n) is 5.66. The number of hydrogen-bond donors (Lipinski definition) is 0. The fourth-order valence-corrected chi connectivity index (χ4v) is 5.66. The van der Waals surface area contributed by atoms with Gasteiger partial charge in [-0.1, -0.05) is 6.42 Å². The van der Waals surface area contributed by atoms with Crippen molar-refractivity contribution in [3.8, 4) is 0 Å². The van der Waals surface area contributed by atoms with Gasteiger partial charge < -0.3 is 9.64 Å². The van der Waals surface area contributed by atoms with E-state index >= 15 is 0 Å². The van der Waals surface area contributed by atoms with Crippen LogP contribution in [0.2, 0.25) is 0 Å². The lowest BCUT2D eigenvalue weighted by molar-refractivity contribution is -0.172. The Kier molecular flexibility index (Phi) is 5.19. The average molecular weight is 336 g/mol. The Labute approximate surface area is 148 Å². The van der Waals surface area contributed by atoms with Crippen molar-refractivity contribution in [2.75, 3.05) is 52.4 Å². The number of rotatable bonds is 6. The SMILES string of the molecule is CC(C)N1CCN(CCCN2CC3(CCC3)C2C2CCCO2)CC1. The Morgan fingerprint density at radius 1 is 1.04 bits per heavy atom. The molecule has 0 aromatic carbocycles. The van der Waals surface area contributed by atoms with Crippen LogP contribution in [0, 0.1) is 5.41 Å². The summed E-state index contributed by atoms with van der Waals surface area (Å²) in [6, 6.07) is 1.46. The van der Waals surface area contributed by atoms with Crippen LogP contribution < -0.4 is 0 Å². The summed E-state index contributed by atoms with van der Waals surface area (Å²) in [4.78, 5) is 8.07. The van der Waals surface area contributed by atoms with E-state index in [1.807, 2.05) is 0 Å². The largest absolute Gasteiger partial charge is 0.377 e. The molecule has 1 spiro atoms. The van der Waals surface area contributed by atoms with Crippen LogP contribution in [-0.2, 0) is 4.74 Å². The summed E-state index contributed by atoms with van der Waals surface area (Å²) in [6.45, 7) is 14.6. The van der Waals surface area contributed by atoms with E-state index in [-0.39, 0.29) is 0 Å². The number of nitrogens with zero attached hydrogens (tertiary/aromatic N) is 3. The highest BCUT2D eigenvalue weighted by Crippen LogP contribution is 2.55. The minimum absolute atomic E-state index is 0.550. The molecular formula is C20H37N3O. The second-order valence-corrected chi connectivity index (χ2v) is 9.01. The Morgan fingerprint density at radius 2 is 1.83 bits per heavy atom. The third-order valence-electron chi connectivity index (χ3n) is 7.26. The molecule has 4 fully saturated rings. The van der Waals surface area contributed by atoms with E-state index in [2.05, 4.69) is 28.5 Å². The Morgan fingerprint density at radius 3 is 2.42 bits per heavy atom. The van der Waals surface area contributed by atoms with Gasteiger partial charge in [-0.15, -0.1) is 0 Å². The van der Waals surface area contributed by atoms with Crippen molar-refractivity contribution in [1.29, 1.82) is 0 Å². The highest BCUT2D eigenvalue weighted by atomic mass is 16.5. The van der Waals surface area contributed by atoms with Gasteiger partial charge in [0.05, 0.1) is 6.10 Å². The third kappa shape index (κ3) is 3.27. The van der Waals surface area contributed by atoms with Gasteiger partial charge >= 0.3 is 0 Å². The molecule has 1 aliphatic carbocycles. The first-order valence-corrected chi connectivity index (χ1v) is 10.5. The van der Waals surface area contributed by atoms with Gasteiger partial charge in [0.15, 0.2) is 0 Å². The van der Waals surface area contributed by atoms with Crippen molar-refractivity contribution < 1.29 is 4.74 Å². The average Bonchev–Trinajstić information content (AvgIpc) is 3.02. The van der Waals surface area contributed by atoms with Crippen LogP contribution in [0.15, 0.2) is 0 Å². The van der Waals surface area contributed by atoms with E-state index in [9.17, 15) is 0 Å². The quantitative estimate of drug-likeness (QED) is 0.742. The molecule has 4 aliphatic rings. The number of ether oxygens (including phenoxy) is 1. The van der Waals surface area contributed by atoms with E-state index in [1.165, 1.54) is 84.3 Å². The summed E-state index contributed by atoms with van der Waals surface area (Å²) < 4.78 is 6.09. The molecule has 138 valence electrons. The summed E-state index contributed by atoms with van der Waals surface area (Å²) in [7, 11) is 0. The lowest BCUT2D eigenvalue weighted by atomic mass is 9.56. The summed E-state index contributed by atoms with van der Waals surface area (Å²) >= 11 is 0. The van der Waals surface area contributed by atoms with Crippen LogP contribution in [-0.4, -0.2) is 85.3 Å². The summed E-state index contributed by atoms with van der Waals surface area (Å²) in [5.74, 6) is 0. The van der Waals surface area contributed by atoms with E-state index < -0.39 is 0 Å². The molecule has 0 aromatic heterocycles. The number of hydrogen-bond acceptors (Lipinski definition) is 4. The molecule has 4 heteroatoms. The van der Waals surface area contributed by atoms with Gasteiger partial charge in [-0.2, -0.15) is 0 Å². The molecule has 24 heavy (non-hydrogen) atoms. The summed E-state index contributed by atoms with van der Waals surface area (Å²) in [6.07, 6.45) is 8.86. The number of likely N-dealkylation sites (tertiary alicyclic amines) is 1. The first-order valence-electron chi connectivity index (χ1n) is 10.5. The maximum Gasteiger partial charge on any atom is 0.0736 e. The first kappa shape index (κ1) is 17.3. The first-order chi connectivity index (χ1) is 11.7. The standard InChI is InChI=1S/C20H37N3O/c1-17(2)22-13-11-21(12-14-22)9-5-10-23-16-20(7-4-8-20)19(23)18-6-3-15-24-18/h17-19H,3-16H2,1-2H3. The number of piperazine rings is 1. The van der Waals surface area contributed by atoms with Crippen LogP contribution in [0.25, 0.3) is 0 Å². The molecule has 0 aromatic rings. The van der Waals surface area contributed by atoms with Crippen molar-refractivity contribution in [3.63, 3.8) is 0 Å². The highest BCUT2D eigenvalue weighted by molar-refractivity contribution is 5.11. The summed E-state index contributed by atoms with van der Waals surface area (Å²) in [5, 5.41) is 0. The maximum atomic E-state index is 6.09. The van der Waals surface area contributed by atoms with E-state index in [1.54, 1.807) is 0 Å². The highest BCUT2D eigenvalue weighted by Gasteiger charge is 2.58. The van der Waals surface area contributed by atoms with Crippen molar-refractivity contribution >= 4 is 0 Å². The predicted molar refractivity (Wildman–Crippen MR) is 98.4 cm³/mol. The second kappa shape index (κ2) is 7.22. The normalized spacial score (nSPS) is 34.6. The lowest BCUT2D eigenvalue weighted by Crippen LogP contribution is -2.71. The van der Waals surface area contributed by atoms with Crippen LogP contribution in [0.1, 0.15) is 52.4 Å². The Bertz CT molecular complexity index is 409. The molecule has 0 radical (unpaired) electrons. The maximum absolute atomic E-state index is 6.09. The fraction of sp³-hybridized carbons (Fsp3) is 1.00. The minimum atomic E-state index is 0.550. The molecule has 2 atom stereocenters. The third-order valence-corrected chi connectivity index (χ3v) is 7.26. The molecule has 0 amide bonds. The van der Waals surface area contributed by atoms with E-state index in [4.69, 9.17) is 4.74 Å². The van der Waals surface area contributed by atoms with Gasteiger partial charge in [0.25, 0.3) is 0 Å². The van der Waals surface area contributed by atoms with Gasteiger partial charge in [0.2, 0.25) is 0 Å². The van der Waals surface area contributed by atoms with Crippen molar-refractivity contribution in [2.24, 2.45) is 5.41 Å². The molecule has 3 aliphatic heterocycles. The zero-order valence-corrected chi connectivity index (χ0v) is 15.9. The van der Waals surface area contributed by atoms with Crippen molar-refractivity contribution in [1.82, 2.24) is 14.7 Å². The van der Waals surface area contributed by atoms with Gasteiger partial charge in [-0.3, -0.25) is 9.80 Å². The predicted octanol–water partition coefficient (Wildman–Crippen LogP) is 2.44. The van der Waals surface area contributed by atoms with Gasteiger partial charge in [0.1, 0.15) is 0 Å². The lowest BCUT2D eigenvalue weighted by Gasteiger charge is -2.64. The smallest absolute Gasteiger partial charge is 0.0736 e. The van der Waals surface area contributed by atoms with E-state index in [0.717, 1.165) is 12.6 Å². The van der Waals surface area contributed by atoms with Gasteiger partial charge in [0, 0.05) is 56.8 Å². The minimum Gasteiger partial charge on any atom is -0.377 e. The zero-order valence-electron chi connectivity index (χ0n) is 15.9. The Hall–Kier alpha value is -0.160.